The van der Waals surface area contributed by atoms with Gasteiger partial charge in [-0.25, -0.2) is 15.0 Å². The quantitative estimate of drug-likeness (QED) is 0.0650. The largest absolute Gasteiger partial charge is 0.492 e. The Morgan fingerprint density at radius 3 is 1.55 bits per heavy atom. The highest BCUT2D eigenvalue weighted by atomic mass is 79.9. The minimum absolute atomic E-state index is 0. The third-order valence-electron chi connectivity index (χ3n) is 9.21. The fourth-order valence-corrected chi connectivity index (χ4v) is 6.38. The summed E-state index contributed by atoms with van der Waals surface area (Å²) in [5.74, 6) is 4.08. The van der Waals surface area contributed by atoms with Gasteiger partial charge in [0.2, 0.25) is 0 Å². The molecule has 6 rings (SSSR count). The summed E-state index contributed by atoms with van der Waals surface area (Å²) < 4.78 is 16.4. The molecule has 16 heteroatoms. The van der Waals surface area contributed by atoms with E-state index >= 15 is 0 Å². The fraction of sp³-hybridized carbons (Fsp3) is 0.571. The Hall–Kier alpha value is -4.90. The van der Waals surface area contributed by atoms with Crippen molar-refractivity contribution in [3.8, 4) is 28.4 Å². The van der Waals surface area contributed by atoms with Crippen molar-refractivity contribution in [1.29, 1.82) is 10.5 Å². The lowest BCUT2D eigenvalue weighted by molar-refractivity contribution is -0.120. The van der Waals surface area contributed by atoms with Crippen LogP contribution >= 0.6 is 15.9 Å². The average Bonchev–Trinajstić information content (AvgIpc) is 3.23. The number of Topliss-reactive ketones (excluding diaryl/α,β-unsaturated/α-hetero) is 1. The number of hydrogen-bond acceptors (Lipinski definition) is 15. The van der Waals surface area contributed by atoms with Gasteiger partial charge in [-0.05, 0) is 56.7 Å². The molecule has 0 radical (unpaired) electrons. The van der Waals surface area contributed by atoms with Gasteiger partial charge >= 0.3 is 0 Å². The highest BCUT2D eigenvalue weighted by Crippen LogP contribution is 2.22. The summed E-state index contributed by atoms with van der Waals surface area (Å²) in [5.41, 5.74) is 21.8. The molecule has 3 saturated carbocycles. The number of pyridine rings is 3. The Bertz CT molecular complexity index is 1590. The molecule has 0 amide bonds. The van der Waals surface area contributed by atoms with E-state index in [-0.39, 0.29) is 7.43 Å². The first-order chi connectivity index (χ1) is 27.8. The number of rotatable bonds is 13. The van der Waals surface area contributed by atoms with Crippen molar-refractivity contribution in [3.63, 3.8) is 0 Å². The average molecular weight is 869 g/mol. The number of nitrogens with two attached hydrogens (primary N) is 4. The summed E-state index contributed by atoms with van der Waals surface area (Å²) in [7, 11) is 0. The molecule has 3 aromatic heterocycles. The highest BCUT2D eigenvalue weighted by molar-refractivity contribution is 9.12. The zero-order chi connectivity index (χ0) is 41.4. The maximum Gasteiger partial charge on any atom is 0.179 e. The molecule has 3 fully saturated rings. The molecule has 320 valence electrons. The van der Waals surface area contributed by atoms with E-state index in [1.807, 2.05) is 11.0 Å². The summed E-state index contributed by atoms with van der Waals surface area (Å²) in [4.78, 5) is 25.5. The zero-order valence-corrected chi connectivity index (χ0v) is 34.8. The standard InChI is InChI=1S/C14H20N4O.C13H21N3O.C7H11N3O.C6H10O.CBrN.CH4/c15-11-18(12-4-2-1-3-5-12)8-9-19-13-6-7-17-14(16)10-13;14-13-10-12(6-7-16-13)17-9-8-15-11-4-2-1-3-5-11;8-2-4-11-6-1-3-10-7(9)5-6;7-6-4-2-1-3-5-6;2-1-3;/h6-7,10,12H,1-5,8-9H2,(H2,16,17);6-7,10-11,15H,1-5,8-9H2,(H2,14,16);1,3,5H,2,4,8H2,(H2,9,10);1-5H2;;1H4. The molecule has 3 heterocycles. The van der Waals surface area contributed by atoms with E-state index < -0.39 is 0 Å². The van der Waals surface area contributed by atoms with Gasteiger partial charge in [0, 0.05) is 90.7 Å². The number of ketones is 1. The summed E-state index contributed by atoms with van der Waals surface area (Å²) in [6.45, 7) is 3.70. The van der Waals surface area contributed by atoms with E-state index in [1.54, 1.807) is 53.9 Å². The van der Waals surface area contributed by atoms with Crippen molar-refractivity contribution in [2.24, 2.45) is 5.73 Å². The predicted octanol–water partition coefficient (Wildman–Crippen LogP) is 7.14. The van der Waals surface area contributed by atoms with Crippen LogP contribution in [0.5, 0.6) is 17.2 Å². The molecule has 0 atom stereocenters. The number of carbonyl (C=O) groups is 1. The molecule has 3 aliphatic carbocycles. The van der Waals surface area contributed by atoms with Crippen molar-refractivity contribution in [3.05, 3.63) is 55.0 Å². The van der Waals surface area contributed by atoms with Crippen LogP contribution in [0.1, 0.15) is 104 Å². The highest BCUT2D eigenvalue weighted by Gasteiger charge is 2.20. The SMILES string of the molecule is C.N#CBr.N#CN(CCOc1ccnc(N)c1)C1CCCCC1.NCCOc1ccnc(N)c1.Nc1cc(OCCNC2CCCCC2)ccn1.O=C1CCCCC1. The van der Waals surface area contributed by atoms with Gasteiger partial charge in [0.1, 0.15) is 65.3 Å². The zero-order valence-electron chi connectivity index (χ0n) is 33.2. The first kappa shape index (κ1) is 51.1. The van der Waals surface area contributed by atoms with Crippen molar-refractivity contribution in [2.45, 2.75) is 116 Å². The molecule has 0 aliphatic heterocycles. The second kappa shape index (κ2) is 33.1. The van der Waals surface area contributed by atoms with E-state index in [0.29, 0.717) is 79.7 Å². The lowest BCUT2D eigenvalue weighted by atomic mass is 9.94. The van der Waals surface area contributed by atoms with Crippen LogP contribution in [0.4, 0.5) is 17.5 Å². The number of hydrogen-bond donors (Lipinski definition) is 5. The Labute approximate surface area is 354 Å². The van der Waals surface area contributed by atoms with Gasteiger partial charge in [-0.2, -0.15) is 10.5 Å². The van der Waals surface area contributed by atoms with Crippen LogP contribution < -0.4 is 42.5 Å². The maximum atomic E-state index is 10.5. The van der Waals surface area contributed by atoms with Gasteiger partial charge in [-0.1, -0.05) is 52.4 Å². The Balaban J connectivity index is 0.000000394. The van der Waals surface area contributed by atoms with Crippen LogP contribution in [0.2, 0.25) is 0 Å². The Kier molecular flexibility index (Phi) is 29.2. The molecule has 0 aromatic carbocycles. The van der Waals surface area contributed by atoms with Gasteiger partial charge < -0.3 is 47.4 Å². The smallest absolute Gasteiger partial charge is 0.179 e. The number of nitrogens with zero attached hydrogens (tertiary/aromatic N) is 6. The van der Waals surface area contributed by atoms with Gasteiger partial charge in [-0.3, -0.25) is 4.79 Å². The van der Waals surface area contributed by atoms with E-state index in [2.05, 4.69) is 42.4 Å². The molecule has 3 aliphatic rings. The lowest BCUT2D eigenvalue weighted by Gasteiger charge is -2.29. The van der Waals surface area contributed by atoms with E-state index in [0.717, 1.165) is 50.8 Å². The Morgan fingerprint density at radius 2 is 1.14 bits per heavy atom. The van der Waals surface area contributed by atoms with Crippen LogP contribution in [-0.2, 0) is 4.79 Å². The van der Waals surface area contributed by atoms with Crippen LogP contribution in [-0.4, -0.2) is 77.2 Å². The van der Waals surface area contributed by atoms with Crippen LogP contribution in [0.15, 0.2) is 55.0 Å². The van der Waals surface area contributed by atoms with Crippen LogP contribution in [0.25, 0.3) is 0 Å². The first-order valence-corrected chi connectivity index (χ1v) is 20.7. The van der Waals surface area contributed by atoms with Gasteiger partial charge in [0.05, 0.1) is 6.54 Å². The Morgan fingerprint density at radius 1 is 0.707 bits per heavy atom. The molecule has 3 aromatic rings. The number of nitrogens with one attached hydrogen (secondary N) is 1. The molecule has 0 saturated heterocycles. The normalized spacial score (nSPS) is 14.8. The minimum Gasteiger partial charge on any atom is -0.492 e. The third-order valence-corrected chi connectivity index (χ3v) is 9.21. The van der Waals surface area contributed by atoms with Crippen molar-refractivity contribution >= 4 is 39.2 Å². The predicted molar refractivity (Wildman–Crippen MR) is 235 cm³/mol. The number of carbonyl (C=O) groups excluding carboxylic acids is 1. The fourth-order valence-electron chi connectivity index (χ4n) is 6.38. The van der Waals surface area contributed by atoms with Crippen LogP contribution in [0, 0.1) is 21.7 Å². The minimum atomic E-state index is 0. The van der Waals surface area contributed by atoms with Gasteiger partial charge in [0.25, 0.3) is 0 Å². The summed E-state index contributed by atoms with van der Waals surface area (Å²) in [6.07, 6.45) is 25.1. The summed E-state index contributed by atoms with van der Waals surface area (Å²) in [5, 5.41) is 20.0. The number of ether oxygens (including phenoxy) is 3. The molecule has 9 N–H and O–H groups in total. The van der Waals surface area contributed by atoms with Gasteiger partial charge in [-0.15, -0.1) is 0 Å². The van der Waals surface area contributed by atoms with Crippen molar-refractivity contribution in [2.75, 3.05) is 56.7 Å². The molecule has 15 nitrogen and oxygen atoms in total. The number of nitrogen functional groups attached to an aromatic ring is 3. The second-order valence-corrected chi connectivity index (χ2v) is 14.0. The molecule has 0 spiro atoms. The monoisotopic (exact) mass is 867 g/mol. The number of aromatic nitrogens is 3. The number of halogens is 1. The number of nitriles is 2. The van der Waals surface area contributed by atoms with E-state index in [1.165, 1.54) is 57.8 Å². The van der Waals surface area contributed by atoms with Crippen molar-refractivity contribution < 1.29 is 19.0 Å². The van der Waals surface area contributed by atoms with Crippen molar-refractivity contribution in [1.82, 2.24) is 25.2 Å². The molecule has 58 heavy (non-hydrogen) atoms. The molecular formula is C42H66BrN11O4. The van der Waals surface area contributed by atoms with Crippen LogP contribution in [0.3, 0.4) is 0 Å². The molecule has 0 bridgehead atoms. The molecular weight excluding hydrogens is 802 g/mol. The van der Waals surface area contributed by atoms with E-state index in [9.17, 15) is 10.1 Å². The lowest BCUT2D eigenvalue weighted by Crippen LogP contribution is -2.35. The summed E-state index contributed by atoms with van der Waals surface area (Å²) >= 11 is 2.45. The molecule has 0 unspecified atom stereocenters. The number of anilines is 3. The third kappa shape index (κ3) is 24.7. The topological polar surface area (TPSA) is 250 Å². The maximum absolute atomic E-state index is 10.5. The van der Waals surface area contributed by atoms with Gasteiger partial charge in [0.15, 0.2) is 6.19 Å². The second-order valence-electron chi connectivity index (χ2n) is 13.6. The first-order valence-electron chi connectivity index (χ1n) is 19.9. The van der Waals surface area contributed by atoms with E-state index in [4.69, 9.17) is 42.4 Å². The summed E-state index contributed by atoms with van der Waals surface area (Å²) in [6, 6.07) is 11.5.